The van der Waals surface area contributed by atoms with Crippen molar-refractivity contribution in [3.63, 3.8) is 0 Å². The molecule has 2 atom stereocenters. The summed E-state index contributed by atoms with van der Waals surface area (Å²) in [4.78, 5) is 17.6. The third-order valence-corrected chi connectivity index (χ3v) is 7.43. The average molecular weight is 389 g/mol. The van der Waals surface area contributed by atoms with E-state index in [1.54, 1.807) is 21.6 Å². The number of thioether (sulfide) groups is 1. The summed E-state index contributed by atoms with van der Waals surface area (Å²) in [5.74, 6) is 0.0626. The van der Waals surface area contributed by atoms with Gasteiger partial charge in [-0.15, -0.1) is 11.8 Å². The molecule has 2 aromatic rings. The Bertz CT molecular complexity index is 931. The molecule has 2 fully saturated rings. The summed E-state index contributed by atoms with van der Waals surface area (Å²) in [6.07, 6.45) is 1.98. The van der Waals surface area contributed by atoms with Gasteiger partial charge in [-0.25, -0.2) is 13.2 Å². The van der Waals surface area contributed by atoms with E-state index in [2.05, 4.69) is 0 Å². The lowest BCUT2D eigenvalue weighted by molar-refractivity contribution is 0.206. The maximum absolute atomic E-state index is 13.2. The molecule has 4 rings (SSSR count). The van der Waals surface area contributed by atoms with Gasteiger partial charge in [0, 0.05) is 17.1 Å². The van der Waals surface area contributed by atoms with Gasteiger partial charge in [-0.05, 0) is 30.0 Å². The minimum Gasteiger partial charge on any atom is -0.314 e. The highest BCUT2D eigenvalue weighted by Gasteiger charge is 2.53. The summed E-state index contributed by atoms with van der Waals surface area (Å²) >= 11 is 1.60. The highest BCUT2D eigenvalue weighted by molar-refractivity contribution is 7.98. The molecule has 2 amide bonds. The standard InChI is InChI=1S/C19H20N2O3S2/c1-25-16-9-5-8-15(10-16)21-18-13-26(23,24)12-17(18)20(19(21)22)11-14-6-3-2-4-7-14/h2-10,17-18H,11-13H2,1H3/t17-,18-/m1/s1. The van der Waals surface area contributed by atoms with Crippen LogP contribution in [0.3, 0.4) is 0 Å². The van der Waals surface area contributed by atoms with Crippen molar-refractivity contribution in [2.45, 2.75) is 23.5 Å². The zero-order chi connectivity index (χ0) is 18.3. The number of rotatable bonds is 4. The van der Waals surface area contributed by atoms with Gasteiger partial charge in [-0.2, -0.15) is 0 Å². The van der Waals surface area contributed by atoms with Crippen LogP contribution in [0.15, 0.2) is 59.5 Å². The molecule has 0 aromatic heterocycles. The molecule has 5 nitrogen and oxygen atoms in total. The monoisotopic (exact) mass is 388 g/mol. The van der Waals surface area contributed by atoms with Gasteiger partial charge in [0.25, 0.3) is 0 Å². The molecule has 2 saturated heterocycles. The molecule has 26 heavy (non-hydrogen) atoms. The van der Waals surface area contributed by atoms with Crippen molar-refractivity contribution in [3.8, 4) is 0 Å². The third-order valence-electron chi connectivity index (χ3n) is 5.00. The molecule has 0 radical (unpaired) electrons. The van der Waals surface area contributed by atoms with Gasteiger partial charge in [0.15, 0.2) is 9.84 Å². The minimum absolute atomic E-state index is 0.0260. The van der Waals surface area contributed by atoms with Crippen LogP contribution in [0.1, 0.15) is 5.56 Å². The van der Waals surface area contributed by atoms with Crippen molar-refractivity contribution in [1.82, 2.24) is 4.90 Å². The number of fused-ring (bicyclic) bond motifs is 1. The Kier molecular flexibility index (Phi) is 4.44. The summed E-state index contributed by atoms with van der Waals surface area (Å²) < 4.78 is 24.6. The number of urea groups is 1. The van der Waals surface area contributed by atoms with Gasteiger partial charge < -0.3 is 4.90 Å². The van der Waals surface area contributed by atoms with Gasteiger partial charge in [-0.3, -0.25) is 4.90 Å². The first kappa shape index (κ1) is 17.4. The number of carbonyl (C=O) groups is 1. The fourth-order valence-corrected chi connectivity index (χ4v) is 6.21. The summed E-state index contributed by atoms with van der Waals surface area (Å²) in [6, 6.07) is 16.7. The fourth-order valence-electron chi connectivity index (χ4n) is 3.80. The van der Waals surface area contributed by atoms with Crippen LogP contribution in [0, 0.1) is 0 Å². The second-order valence-corrected chi connectivity index (χ2v) is 9.71. The van der Waals surface area contributed by atoms with Gasteiger partial charge >= 0.3 is 6.03 Å². The first-order chi connectivity index (χ1) is 12.5. The zero-order valence-corrected chi connectivity index (χ0v) is 16.0. The summed E-state index contributed by atoms with van der Waals surface area (Å²) in [5.41, 5.74) is 1.77. The number of hydrogen-bond donors (Lipinski definition) is 0. The summed E-state index contributed by atoms with van der Waals surface area (Å²) in [6.45, 7) is 0.426. The van der Waals surface area contributed by atoms with Crippen LogP contribution in [0.2, 0.25) is 0 Å². The zero-order valence-electron chi connectivity index (χ0n) is 14.4. The van der Waals surface area contributed by atoms with E-state index in [-0.39, 0.29) is 29.6 Å². The van der Waals surface area contributed by atoms with Crippen LogP contribution in [0.25, 0.3) is 0 Å². The third kappa shape index (κ3) is 3.10. The van der Waals surface area contributed by atoms with Crippen molar-refractivity contribution >= 4 is 33.3 Å². The van der Waals surface area contributed by atoms with Gasteiger partial charge in [0.1, 0.15) is 0 Å². The van der Waals surface area contributed by atoms with Crippen LogP contribution in [-0.2, 0) is 16.4 Å². The lowest BCUT2D eigenvalue weighted by Gasteiger charge is -2.23. The number of hydrogen-bond acceptors (Lipinski definition) is 4. The van der Waals surface area contributed by atoms with Crippen LogP contribution >= 0.6 is 11.8 Å². The normalized spacial score (nSPS) is 24.1. The van der Waals surface area contributed by atoms with Crippen LogP contribution in [-0.4, -0.2) is 49.2 Å². The first-order valence-corrected chi connectivity index (χ1v) is 11.5. The Labute approximate surface area is 157 Å². The maximum Gasteiger partial charge on any atom is 0.325 e. The fraction of sp³-hybridized carbons (Fsp3) is 0.316. The van der Waals surface area contributed by atoms with E-state index in [0.717, 1.165) is 16.1 Å². The number of carbonyl (C=O) groups excluding carboxylic acids is 1. The second kappa shape index (κ2) is 6.63. The van der Waals surface area contributed by atoms with Crippen LogP contribution in [0.4, 0.5) is 10.5 Å². The second-order valence-electron chi connectivity index (χ2n) is 6.68. The maximum atomic E-state index is 13.2. The van der Waals surface area contributed by atoms with Gasteiger partial charge in [0.2, 0.25) is 0 Å². The minimum atomic E-state index is -3.15. The molecule has 0 aliphatic carbocycles. The highest BCUT2D eigenvalue weighted by atomic mass is 32.2. The van der Waals surface area contributed by atoms with E-state index in [1.165, 1.54) is 0 Å². The molecule has 2 aliphatic heterocycles. The lowest BCUT2D eigenvalue weighted by Crippen LogP contribution is -2.37. The average Bonchev–Trinajstić information content (AvgIpc) is 3.06. The number of amides is 2. The van der Waals surface area contributed by atoms with E-state index in [1.807, 2.05) is 60.9 Å². The van der Waals surface area contributed by atoms with Crippen molar-refractivity contribution in [2.24, 2.45) is 0 Å². The Balaban J connectivity index is 1.71. The molecule has 0 N–H and O–H groups in total. The lowest BCUT2D eigenvalue weighted by atomic mass is 10.1. The molecule has 2 aliphatic rings. The SMILES string of the molecule is CSc1cccc(N2C(=O)N(Cc3ccccc3)[C@@H]3CS(=O)(=O)C[C@H]32)c1. The van der Waals surface area contributed by atoms with Gasteiger partial charge in [-0.1, -0.05) is 36.4 Å². The predicted octanol–water partition coefficient (Wildman–Crippen LogP) is 3.02. The first-order valence-electron chi connectivity index (χ1n) is 8.47. The van der Waals surface area contributed by atoms with E-state index in [4.69, 9.17) is 0 Å². The van der Waals surface area contributed by atoms with Crippen molar-refractivity contribution in [1.29, 1.82) is 0 Å². The topological polar surface area (TPSA) is 57.7 Å². The molecule has 0 spiro atoms. The van der Waals surface area contributed by atoms with Gasteiger partial charge in [0.05, 0.1) is 23.6 Å². The molecule has 2 aromatic carbocycles. The Morgan fingerprint density at radius 3 is 2.50 bits per heavy atom. The van der Waals surface area contributed by atoms with Crippen LogP contribution in [0.5, 0.6) is 0 Å². The van der Waals surface area contributed by atoms with E-state index >= 15 is 0 Å². The predicted molar refractivity (Wildman–Crippen MR) is 104 cm³/mol. The Morgan fingerprint density at radius 2 is 1.77 bits per heavy atom. The highest BCUT2D eigenvalue weighted by Crippen LogP contribution is 2.36. The number of benzene rings is 2. The molecule has 7 heteroatoms. The summed E-state index contributed by atoms with van der Waals surface area (Å²) in [7, 11) is -3.15. The largest absolute Gasteiger partial charge is 0.325 e. The van der Waals surface area contributed by atoms with Crippen molar-refractivity contribution < 1.29 is 13.2 Å². The van der Waals surface area contributed by atoms with Crippen molar-refractivity contribution in [2.75, 3.05) is 22.7 Å². The molecule has 0 bridgehead atoms. The Morgan fingerprint density at radius 1 is 1.04 bits per heavy atom. The Hall–Kier alpha value is -1.99. The number of sulfone groups is 1. The van der Waals surface area contributed by atoms with Crippen LogP contribution < -0.4 is 4.90 Å². The molecule has 0 unspecified atom stereocenters. The quantitative estimate of drug-likeness (QED) is 0.597. The molecular formula is C19H20N2O3S2. The van der Waals surface area contributed by atoms with E-state index in [0.29, 0.717) is 6.54 Å². The molecular weight excluding hydrogens is 368 g/mol. The molecule has 2 heterocycles. The summed E-state index contributed by atoms with van der Waals surface area (Å²) in [5, 5.41) is 0. The molecule has 136 valence electrons. The number of anilines is 1. The van der Waals surface area contributed by atoms with E-state index in [9.17, 15) is 13.2 Å². The van der Waals surface area contributed by atoms with E-state index < -0.39 is 9.84 Å². The van der Waals surface area contributed by atoms with Crippen molar-refractivity contribution in [3.05, 3.63) is 60.2 Å². The molecule has 0 saturated carbocycles. The number of nitrogens with zero attached hydrogens (tertiary/aromatic N) is 2. The smallest absolute Gasteiger partial charge is 0.314 e.